The predicted octanol–water partition coefficient (Wildman–Crippen LogP) is 3.49. The van der Waals surface area contributed by atoms with Gasteiger partial charge in [-0.15, -0.1) is 0 Å². The Balaban J connectivity index is 2.55. The maximum absolute atomic E-state index is 12.0. The quantitative estimate of drug-likeness (QED) is 0.884. The smallest absolute Gasteiger partial charge is 0.251 e. The number of aromatic amines is 1. The van der Waals surface area contributed by atoms with Gasteiger partial charge in [0, 0.05) is 18.2 Å². The van der Waals surface area contributed by atoms with Gasteiger partial charge in [-0.3, -0.25) is 4.79 Å². The van der Waals surface area contributed by atoms with E-state index in [0.29, 0.717) is 18.1 Å². The van der Waals surface area contributed by atoms with Crippen molar-refractivity contribution in [1.29, 1.82) is 0 Å². The van der Waals surface area contributed by atoms with E-state index in [1.165, 1.54) is 6.07 Å². The summed E-state index contributed by atoms with van der Waals surface area (Å²) in [5, 5.41) is 0. The lowest BCUT2D eigenvalue weighted by Gasteiger charge is -2.30. The summed E-state index contributed by atoms with van der Waals surface area (Å²) in [6.45, 7) is 6.64. The minimum absolute atomic E-state index is 0.148. The van der Waals surface area contributed by atoms with Gasteiger partial charge in [0.25, 0.3) is 5.56 Å². The van der Waals surface area contributed by atoms with Gasteiger partial charge in [0.2, 0.25) is 0 Å². The Morgan fingerprint density at radius 3 is 2.38 bits per heavy atom. The van der Waals surface area contributed by atoms with E-state index in [1.807, 2.05) is 51.1 Å². The van der Waals surface area contributed by atoms with Crippen molar-refractivity contribution < 1.29 is 4.74 Å². The van der Waals surface area contributed by atoms with Gasteiger partial charge in [-0.2, -0.15) is 0 Å². The van der Waals surface area contributed by atoms with Crippen LogP contribution >= 0.6 is 0 Å². The van der Waals surface area contributed by atoms with Crippen LogP contribution in [-0.2, 0) is 10.3 Å². The van der Waals surface area contributed by atoms with Gasteiger partial charge in [0.1, 0.15) is 11.4 Å². The number of nitrogens with zero attached hydrogens (tertiary/aromatic N) is 1. The standard InChI is InChI=1S/C17H22N2O2/c1-4-17(5-2,21-6-3)16-18-14(12-15(20)19-16)13-10-8-7-9-11-13/h7-12H,4-6H2,1-3H3,(H,18,19,20). The largest absolute Gasteiger partial charge is 0.367 e. The lowest BCUT2D eigenvalue weighted by molar-refractivity contribution is -0.0572. The number of rotatable bonds is 6. The van der Waals surface area contributed by atoms with Gasteiger partial charge < -0.3 is 9.72 Å². The van der Waals surface area contributed by atoms with Gasteiger partial charge in [-0.05, 0) is 19.8 Å². The highest BCUT2D eigenvalue weighted by Gasteiger charge is 2.32. The van der Waals surface area contributed by atoms with Crippen molar-refractivity contribution in [2.24, 2.45) is 0 Å². The molecule has 0 aliphatic rings. The molecule has 4 nitrogen and oxygen atoms in total. The summed E-state index contributed by atoms with van der Waals surface area (Å²) in [5.74, 6) is 0.612. The van der Waals surface area contributed by atoms with Gasteiger partial charge in [0.15, 0.2) is 0 Å². The van der Waals surface area contributed by atoms with Crippen LogP contribution in [0.5, 0.6) is 0 Å². The third-order valence-corrected chi connectivity index (χ3v) is 3.81. The Bertz CT molecular complexity index is 631. The molecular formula is C17H22N2O2. The number of aromatic nitrogens is 2. The molecule has 2 rings (SSSR count). The first kappa shape index (κ1) is 15.4. The molecule has 4 heteroatoms. The molecule has 1 heterocycles. The first-order valence-corrected chi connectivity index (χ1v) is 7.46. The first-order valence-electron chi connectivity index (χ1n) is 7.46. The Labute approximate surface area is 125 Å². The Morgan fingerprint density at radius 2 is 1.81 bits per heavy atom. The van der Waals surface area contributed by atoms with E-state index in [2.05, 4.69) is 9.97 Å². The number of hydrogen-bond donors (Lipinski definition) is 1. The highest BCUT2D eigenvalue weighted by molar-refractivity contribution is 5.58. The van der Waals surface area contributed by atoms with Gasteiger partial charge >= 0.3 is 0 Å². The lowest BCUT2D eigenvalue weighted by Crippen LogP contribution is -2.33. The van der Waals surface area contributed by atoms with Crippen molar-refractivity contribution in [3.8, 4) is 11.3 Å². The lowest BCUT2D eigenvalue weighted by atomic mass is 9.95. The summed E-state index contributed by atoms with van der Waals surface area (Å²) in [7, 11) is 0. The number of hydrogen-bond acceptors (Lipinski definition) is 3. The van der Waals surface area contributed by atoms with E-state index in [9.17, 15) is 4.79 Å². The van der Waals surface area contributed by atoms with E-state index in [0.717, 1.165) is 18.4 Å². The summed E-state index contributed by atoms with van der Waals surface area (Å²) < 4.78 is 5.93. The van der Waals surface area contributed by atoms with Crippen LogP contribution < -0.4 is 5.56 Å². The van der Waals surface area contributed by atoms with Crippen LogP contribution in [0.15, 0.2) is 41.2 Å². The molecule has 1 aromatic heterocycles. The number of ether oxygens (including phenoxy) is 1. The van der Waals surface area contributed by atoms with E-state index in [4.69, 9.17) is 4.74 Å². The van der Waals surface area contributed by atoms with Gasteiger partial charge in [-0.25, -0.2) is 4.98 Å². The highest BCUT2D eigenvalue weighted by atomic mass is 16.5. The summed E-state index contributed by atoms with van der Waals surface area (Å²) >= 11 is 0. The Hall–Kier alpha value is -1.94. The zero-order chi connectivity index (χ0) is 15.3. The minimum Gasteiger partial charge on any atom is -0.367 e. The molecule has 1 N–H and O–H groups in total. The van der Waals surface area contributed by atoms with E-state index >= 15 is 0 Å². The van der Waals surface area contributed by atoms with Gasteiger partial charge in [0.05, 0.1) is 5.69 Å². The third kappa shape index (κ3) is 3.22. The van der Waals surface area contributed by atoms with Gasteiger partial charge in [-0.1, -0.05) is 44.2 Å². The SMILES string of the molecule is CCOC(CC)(CC)c1nc(-c2ccccc2)cc(=O)[nH]1. The molecule has 0 saturated heterocycles. The average Bonchev–Trinajstić information content (AvgIpc) is 2.53. The molecule has 0 atom stereocenters. The van der Waals surface area contributed by atoms with E-state index in [1.54, 1.807) is 0 Å². The fourth-order valence-corrected chi connectivity index (χ4v) is 2.56. The van der Waals surface area contributed by atoms with Crippen molar-refractivity contribution in [3.05, 3.63) is 52.6 Å². The molecule has 112 valence electrons. The molecule has 0 radical (unpaired) electrons. The molecule has 2 aromatic rings. The van der Waals surface area contributed by atoms with Crippen LogP contribution in [0.4, 0.5) is 0 Å². The molecule has 21 heavy (non-hydrogen) atoms. The number of nitrogens with one attached hydrogen (secondary N) is 1. The van der Waals surface area contributed by atoms with Crippen LogP contribution in [0.3, 0.4) is 0 Å². The second kappa shape index (κ2) is 6.68. The van der Waals surface area contributed by atoms with E-state index < -0.39 is 5.60 Å². The summed E-state index contributed by atoms with van der Waals surface area (Å²) in [4.78, 5) is 19.5. The van der Waals surface area contributed by atoms with Crippen molar-refractivity contribution >= 4 is 0 Å². The molecule has 1 aromatic carbocycles. The predicted molar refractivity (Wildman–Crippen MR) is 84.2 cm³/mol. The fourth-order valence-electron chi connectivity index (χ4n) is 2.56. The first-order chi connectivity index (χ1) is 10.1. The normalized spacial score (nSPS) is 11.6. The molecule has 0 aliphatic carbocycles. The average molecular weight is 286 g/mol. The fraction of sp³-hybridized carbons (Fsp3) is 0.412. The minimum atomic E-state index is -0.529. The topological polar surface area (TPSA) is 55.0 Å². The molecule has 0 amide bonds. The molecule has 0 spiro atoms. The Morgan fingerprint density at radius 1 is 1.14 bits per heavy atom. The van der Waals surface area contributed by atoms with E-state index in [-0.39, 0.29) is 5.56 Å². The van der Waals surface area contributed by atoms with Crippen LogP contribution in [0.1, 0.15) is 39.4 Å². The maximum atomic E-state index is 12.0. The summed E-state index contributed by atoms with van der Waals surface area (Å²) in [6.07, 6.45) is 1.52. The van der Waals surface area contributed by atoms with Crippen molar-refractivity contribution in [1.82, 2.24) is 9.97 Å². The Kier molecular flexibility index (Phi) is 4.91. The summed E-state index contributed by atoms with van der Waals surface area (Å²) in [5.41, 5.74) is 0.936. The van der Waals surface area contributed by atoms with Crippen LogP contribution in [0.2, 0.25) is 0 Å². The zero-order valence-electron chi connectivity index (χ0n) is 12.8. The molecular weight excluding hydrogens is 264 g/mol. The molecule has 0 saturated carbocycles. The molecule has 0 unspecified atom stereocenters. The molecule has 0 bridgehead atoms. The second-order valence-electron chi connectivity index (χ2n) is 4.98. The van der Waals surface area contributed by atoms with Crippen LogP contribution in [0, 0.1) is 0 Å². The molecule has 0 aliphatic heterocycles. The second-order valence-corrected chi connectivity index (χ2v) is 4.98. The number of H-pyrrole nitrogens is 1. The van der Waals surface area contributed by atoms with Crippen molar-refractivity contribution in [2.75, 3.05) is 6.61 Å². The van der Waals surface area contributed by atoms with Crippen LogP contribution in [-0.4, -0.2) is 16.6 Å². The van der Waals surface area contributed by atoms with Crippen molar-refractivity contribution in [3.63, 3.8) is 0 Å². The van der Waals surface area contributed by atoms with Crippen LogP contribution in [0.25, 0.3) is 11.3 Å². The summed E-state index contributed by atoms with van der Waals surface area (Å²) in [6, 6.07) is 11.2. The highest BCUT2D eigenvalue weighted by Crippen LogP contribution is 2.31. The van der Waals surface area contributed by atoms with Crippen molar-refractivity contribution in [2.45, 2.75) is 39.2 Å². The number of benzene rings is 1. The maximum Gasteiger partial charge on any atom is 0.251 e. The third-order valence-electron chi connectivity index (χ3n) is 3.81. The molecule has 0 fully saturated rings. The monoisotopic (exact) mass is 286 g/mol. The zero-order valence-corrected chi connectivity index (χ0v) is 12.8.